The molecule has 1 aromatic carbocycles. The topological polar surface area (TPSA) is 78.8 Å². The van der Waals surface area contributed by atoms with Crippen LogP contribution in [0.5, 0.6) is 5.75 Å². The maximum atomic E-state index is 12.0. The number of rotatable bonds is 4. The molecule has 0 fully saturated rings. The van der Waals surface area contributed by atoms with Crippen LogP contribution in [0.25, 0.3) is 11.3 Å². The fourth-order valence-electron chi connectivity index (χ4n) is 1.81. The lowest BCUT2D eigenvalue weighted by Crippen LogP contribution is -2.14. The number of aromatic amines is 1. The highest BCUT2D eigenvalue weighted by molar-refractivity contribution is 9.10. The fourth-order valence-corrected chi connectivity index (χ4v) is 3.15. The third-order valence-electron chi connectivity index (χ3n) is 2.77. The number of hydrogen-bond acceptors (Lipinski definition) is 5. The number of thioether (sulfide) groups is 1. The van der Waals surface area contributed by atoms with Gasteiger partial charge in [-0.3, -0.25) is 4.79 Å². The molecule has 2 aromatic rings. The van der Waals surface area contributed by atoms with Gasteiger partial charge in [-0.05, 0) is 34.3 Å². The zero-order chi connectivity index (χ0) is 17.0. The molecule has 0 amide bonds. The molecule has 0 spiro atoms. The van der Waals surface area contributed by atoms with Crippen molar-refractivity contribution in [2.45, 2.75) is 5.16 Å². The van der Waals surface area contributed by atoms with E-state index >= 15 is 0 Å². The van der Waals surface area contributed by atoms with Gasteiger partial charge in [-0.25, -0.2) is 4.98 Å². The molecular formula is C15H9BrClN3O2S. The number of halogens is 2. The third-order valence-corrected chi connectivity index (χ3v) is 4.22. The first-order valence-corrected chi connectivity index (χ1v) is 8.55. The molecule has 0 aliphatic heterocycles. The van der Waals surface area contributed by atoms with Crippen molar-refractivity contribution in [3.8, 4) is 35.4 Å². The zero-order valence-electron chi connectivity index (χ0n) is 11.8. The maximum absolute atomic E-state index is 12.0. The molecule has 0 radical (unpaired) electrons. The van der Waals surface area contributed by atoms with E-state index in [0.29, 0.717) is 26.0 Å². The van der Waals surface area contributed by atoms with Crippen LogP contribution in [0.1, 0.15) is 5.56 Å². The Balaban J connectivity index is 2.64. The number of aromatic nitrogens is 2. The second-order valence-electron chi connectivity index (χ2n) is 4.17. The Kier molecular flexibility index (Phi) is 5.73. The van der Waals surface area contributed by atoms with E-state index in [1.54, 1.807) is 18.4 Å². The third kappa shape index (κ3) is 3.70. The fraction of sp³-hybridized carbons (Fsp3) is 0.133. The van der Waals surface area contributed by atoms with Crippen molar-refractivity contribution in [2.24, 2.45) is 0 Å². The second-order valence-corrected chi connectivity index (χ2v) is 6.23. The molecule has 1 heterocycles. The summed E-state index contributed by atoms with van der Waals surface area (Å²) in [6, 6.07) is 5.12. The number of nitrogens with zero attached hydrogens (tertiary/aromatic N) is 2. The van der Waals surface area contributed by atoms with Crippen LogP contribution in [0, 0.1) is 23.7 Å². The van der Waals surface area contributed by atoms with Crippen LogP contribution in [0.15, 0.2) is 26.6 Å². The number of nitrogens with one attached hydrogen (secondary N) is 1. The summed E-state index contributed by atoms with van der Waals surface area (Å²) in [5.41, 5.74) is 0.199. The van der Waals surface area contributed by atoms with Crippen LogP contribution in [-0.4, -0.2) is 22.8 Å². The van der Waals surface area contributed by atoms with E-state index in [1.807, 2.05) is 6.07 Å². The number of hydrogen-bond donors (Lipinski definition) is 1. The predicted octanol–water partition coefficient (Wildman–Crippen LogP) is 3.46. The van der Waals surface area contributed by atoms with Crippen LogP contribution in [0.3, 0.4) is 0 Å². The number of terminal acetylenes is 1. The predicted molar refractivity (Wildman–Crippen MR) is 93.8 cm³/mol. The highest BCUT2D eigenvalue weighted by Crippen LogP contribution is 2.37. The van der Waals surface area contributed by atoms with Gasteiger partial charge in [-0.1, -0.05) is 29.3 Å². The summed E-state index contributed by atoms with van der Waals surface area (Å²) >= 11 is 10.8. The maximum Gasteiger partial charge on any atom is 0.270 e. The van der Waals surface area contributed by atoms with Crippen molar-refractivity contribution in [1.29, 1.82) is 5.26 Å². The van der Waals surface area contributed by atoms with Gasteiger partial charge in [0.2, 0.25) is 0 Å². The molecule has 0 aliphatic carbocycles. The summed E-state index contributed by atoms with van der Waals surface area (Å²) in [7, 11) is 0. The Bertz CT molecular complexity index is 876. The van der Waals surface area contributed by atoms with Gasteiger partial charge in [0, 0.05) is 5.56 Å². The number of benzene rings is 1. The normalized spacial score (nSPS) is 9.96. The van der Waals surface area contributed by atoms with E-state index in [4.69, 9.17) is 22.8 Å². The lowest BCUT2D eigenvalue weighted by atomic mass is 10.1. The Morgan fingerprint density at radius 2 is 2.30 bits per heavy atom. The summed E-state index contributed by atoms with van der Waals surface area (Å²) in [4.78, 5) is 18.8. The average molecular weight is 411 g/mol. The second kappa shape index (κ2) is 7.56. The number of H-pyrrole nitrogens is 1. The Morgan fingerprint density at radius 1 is 1.57 bits per heavy atom. The molecule has 8 heteroatoms. The zero-order valence-corrected chi connectivity index (χ0v) is 15.0. The van der Waals surface area contributed by atoms with Crippen molar-refractivity contribution < 1.29 is 4.74 Å². The Morgan fingerprint density at radius 3 is 2.87 bits per heavy atom. The molecule has 0 saturated heterocycles. The molecule has 1 aromatic heterocycles. The minimum atomic E-state index is -0.498. The van der Waals surface area contributed by atoms with E-state index in [2.05, 4.69) is 31.8 Å². The van der Waals surface area contributed by atoms with Crippen LogP contribution < -0.4 is 10.3 Å². The first kappa shape index (κ1) is 17.4. The van der Waals surface area contributed by atoms with Crippen LogP contribution in [0.4, 0.5) is 0 Å². The molecule has 1 N–H and O–H groups in total. The molecule has 2 rings (SSSR count). The van der Waals surface area contributed by atoms with Crippen LogP contribution in [-0.2, 0) is 0 Å². The minimum Gasteiger partial charge on any atom is -0.478 e. The molecule has 0 unspecified atom stereocenters. The smallest absolute Gasteiger partial charge is 0.270 e. The van der Waals surface area contributed by atoms with Gasteiger partial charge < -0.3 is 9.72 Å². The molecule has 116 valence electrons. The van der Waals surface area contributed by atoms with Crippen LogP contribution in [0.2, 0.25) is 5.02 Å². The standard InChI is InChI=1S/C15H9BrClN3O2S/c1-3-4-22-13-10(16)5-8(6-11(13)17)12-9(7-18)14(21)20-15(19-12)23-2/h1,5-6H,4H2,2H3,(H,19,20,21). The van der Waals surface area contributed by atoms with Gasteiger partial charge in [0.1, 0.15) is 18.2 Å². The molecule has 0 saturated carbocycles. The molecule has 5 nitrogen and oxygen atoms in total. The molecule has 0 aliphatic rings. The quantitative estimate of drug-likeness (QED) is 0.474. The molecule has 0 atom stereocenters. The van der Waals surface area contributed by atoms with Crippen molar-refractivity contribution in [1.82, 2.24) is 9.97 Å². The summed E-state index contributed by atoms with van der Waals surface area (Å²) in [5, 5.41) is 9.92. The van der Waals surface area contributed by atoms with E-state index in [9.17, 15) is 10.1 Å². The summed E-state index contributed by atoms with van der Waals surface area (Å²) in [6.07, 6.45) is 6.94. The van der Waals surface area contributed by atoms with E-state index in [-0.39, 0.29) is 17.9 Å². The number of ether oxygens (including phenoxy) is 1. The molecule has 0 bridgehead atoms. The molecular weight excluding hydrogens is 402 g/mol. The summed E-state index contributed by atoms with van der Waals surface area (Å²) in [5.74, 6) is 2.74. The van der Waals surface area contributed by atoms with Gasteiger partial charge in [-0.15, -0.1) is 6.42 Å². The SMILES string of the molecule is C#CCOc1c(Cl)cc(-c2nc(SC)[nH]c(=O)c2C#N)cc1Br. The highest BCUT2D eigenvalue weighted by atomic mass is 79.9. The average Bonchev–Trinajstić information content (AvgIpc) is 2.53. The van der Waals surface area contributed by atoms with E-state index in [0.717, 1.165) is 0 Å². The van der Waals surface area contributed by atoms with Crippen molar-refractivity contribution in [3.63, 3.8) is 0 Å². The van der Waals surface area contributed by atoms with Crippen molar-refractivity contribution >= 4 is 39.3 Å². The Labute approximate surface area is 150 Å². The van der Waals surface area contributed by atoms with E-state index < -0.39 is 5.56 Å². The minimum absolute atomic E-state index is 0.0704. The summed E-state index contributed by atoms with van der Waals surface area (Å²) in [6.45, 7) is 0.0704. The largest absolute Gasteiger partial charge is 0.478 e. The van der Waals surface area contributed by atoms with Gasteiger partial charge >= 0.3 is 0 Å². The van der Waals surface area contributed by atoms with Gasteiger partial charge in [0.05, 0.1) is 15.2 Å². The summed E-state index contributed by atoms with van der Waals surface area (Å²) < 4.78 is 5.91. The first-order valence-electron chi connectivity index (χ1n) is 6.16. The lowest BCUT2D eigenvalue weighted by molar-refractivity contribution is 0.368. The van der Waals surface area contributed by atoms with Gasteiger partial charge in [0.25, 0.3) is 5.56 Å². The van der Waals surface area contributed by atoms with Crippen molar-refractivity contribution in [3.05, 3.63) is 37.5 Å². The molecule has 23 heavy (non-hydrogen) atoms. The first-order chi connectivity index (χ1) is 11.0. The van der Waals surface area contributed by atoms with E-state index in [1.165, 1.54) is 11.8 Å². The van der Waals surface area contributed by atoms with Gasteiger partial charge in [-0.2, -0.15) is 5.26 Å². The lowest BCUT2D eigenvalue weighted by Gasteiger charge is -2.11. The Hall–Kier alpha value is -1.93. The van der Waals surface area contributed by atoms with Crippen molar-refractivity contribution in [2.75, 3.05) is 12.9 Å². The number of nitriles is 1. The highest BCUT2D eigenvalue weighted by Gasteiger charge is 2.17. The van der Waals surface area contributed by atoms with Gasteiger partial charge in [0.15, 0.2) is 10.9 Å². The van der Waals surface area contributed by atoms with Crippen LogP contribution >= 0.6 is 39.3 Å². The monoisotopic (exact) mass is 409 g/mol.